The van der Waals surface area contributed by atoms with E-state index in [1.54, 1.807) is 0 Å². The highest BCUT2D eigenvalue weighted by molar-refractivity contribution is 7.18. The Morgan fingerprint density at radius 2 is 2.14 bits per heavy atom. The third kappa shape index (κ3) is 4.57. The fraction of sp³-hybridized carbons (Fsp3) is 0.714. The molecule has 0 aliphatic carbocycles. The van der Waals surface area contributed by atoms with Gasteiger partial charge >= 0.3 is 0 Å². The molecule has 0 bridgehead atoms. The van der Waals surface area contributed by atoms with Crippen molar-refractivity contribution in [3.8, 4) is 0 Å². The molecule has 0 atom stereocenters. The van der Waals surface area contributed by atoms with Crippen LogP contribution in [0.4, 0.5) is 10.9 Å². The molecule has 1 aromatic heterocycles. The van der Waals surface area contributed by atoms with Gasteiger partial charge in [-0.15, -0.1) is 0 Å². The van der Waals surface area contributed by atoms with Gasteiger partial charge in [-0.05, 0) is 38.9 Å². The molecular weight excluding hydrogens is 286 g/mol. The monoisotopic (exact) mass is 311 g/mol. The van der Waals surface area contributed by atoms with E-state index in [9.17, 15) is 4.79 Å². The first kappa shape index (κ1) is 16.0. The molecule has 0 saturated carbocycles. The predicted molar refractivity (Wildman–Crippen MR) is 87.8 cm³/mol. The number of nitrogens with zero attached hydrogens (tertiary/aromatic N) is 2. The molecule has 4 N–H and O–H groups in total. The first-order valence-corrected chi connectivity index (χ1v) is 8.27. The summed E-state index contributed by atoms with van der Waals surface area (Å²) in [7, 11) is 2.10. The largest absolute Gasteiger partial charge is 0.382 e. The lowest BCUT2D eigenvalue weighted by atomic mass is 10.1. The number of thiazole rings is 1. The number of nitrogens with one attached hydrogen (secondary N) is 2. The Balaban J connectivity index is 1.92. The molecule has 1 aliphatic heterocycles. The second-order valence-electron chi connectivity index (χ2n) is 6.06. The number of carbonyl (C=O) groups is 1. The number of anilines is 2. The van der Waals surface area contributed by atoms with Gasteiger partial charge in [0.05, 0.1) is 0 Å². The van der Waals surface area contributed by atoms with Crippen molar-refractivity contribution >= 4 is 28.2 Å². The standard InChI is InChI=1S/C14H25N5OS/c1-9(2)8-16-14-18-12(15)11(21-14)13(20)17-10-4-6-19(3)7-5-10/h9-10H,4-8,15H2,1-3H3,(H,16,18)(H,17,20). The minimum Gasteiger partial charge on any atom is -0.382 e. The fourth-order valence-corrected chi connectivity index (χ4v) is 3.06. The normalized spacial score (nSPS) is 17.1. The zero-order valence-corrected chi connectivity index (χ0v) is 13.8. The van der Waals surface area contributed by atoms with E-state index < -0.39 is 0 Å². The minimum absolute atomic E-state index is 0.0999. The van der Waals surface area contributed by atoms with Crippen molar-refractivity contribution in [1.82, 2.24) is 15.2 Å². The van der Waals surface area contributed by atoms with Crippen LogP contribution >= 0.6 is 11.3 Å². The summed E-state index contributed by atoms with van der Waals surface area (Å²) in [5.41, 5.74) is 5.87. The number of carbonyl (C=O) groups excluding carboxylic acids is 1. The van der Waals surface area contributed by atoms with Gasteiger partial charge in [0.25, 0.3) is 5.91 Å². The number of likely N-dealkylation sites (tertiary alicyclic amines) is 1. The highest BCUT2D eigenvalue weighted by Crippen LogP contribution is 2.25. The molecule has 1 aromatic rings. The molecule has 1 amide bonds. The van der Waals surface area contributed by atoms with E-state index in [1.165, 1.54) is 11.3 Å². The van der Waals surface area contributed by atoms with Gasteiger partial charge in [0.2, 0.25) is 0 Å². The van der Waals surface area contributed by atoms with Gasteiger partial charge in [0.1, 0.15) is 10.7 Å². The third-order valence-corrected chi connectivity index (χ3v) is 4.60. The number of nitrogens with two attached hydrogens (primary N) is 1. The maximum atomic E-state index is 12.3. The maximum absolute atomic E-state index is 12.3. The lowest BCUT2D eigenvalue weighted by Crippen LogP contribution is -2.43. The van der Waals surface area contributed by atoms with Crippen LogP contribution in [0.1, 0.15) is 36.4 Å². The zero-order valence-electron chi connectivity index (χ0n) is 13.0. The molecule has 1 fully saturated rings. The van der Waals surface area contributed by atoms with E-state index in [2.05, 4.69) is 41.4 Å². The van der Waals surface area contributed by atoms with Crippen molar-refractivity contribution in [2.24, 2.45) is 5.92 Å². The Hall–Kier alpha value is -1.34. The van der Waals surface area contributed by atoms with Crippen LogP contribution in [0.2, 0.25) is 0 Å². The van der Waals surface area contributed by atoms with Crippen LogP contribution in [0.25, 0.3) is 0 Å². The van der Waals surface area contributed by atoms with Gasteiger partial charge in [-0.1, -0.05) is 25.2 Å². The highest BCUT2D eigenvalue weighted by atomic mass is 32.1. The maximum Gasteiger partial charge on any atom is 0.265 e. The van der Waals surface area contributed by atoms with Crippen LogP contribution in [0.15, 0.2) is 0 Å². The zero-order chi connectivity index (χ0) is 15.4. The molecule has 0 unspecified atom stereocenters. The van der Waals surface area contributed by atoms with Crippen molar-refractivity contribution in [2.75, 3.05) is 37.7 Å². The van der Waals surface area contributed by atoms with E-state index in [0.717, 1.165) is 37.6 Å². The summed E-state index contributed by atoms with van der Waals surface area (Å²) in [6.07, 6.45) is 1.97. The summed E-state index contributed by atoms with van der Waals surface area (Å²) in [5, 5.41) is 7.00. The van der Waals surface area contributed by atoms with Crippen LogP contribution in [0.3, 0.4) is 0 Å². The summed E-state index contributed by atoms with van der Waals surface area (Å²) in [5.74, 6) is 0.737. The molecule has 21 heavy (non-hydrogen) atoms. The summed E-state index contributed by atoms with van der Waals surface area (Å²) < 4.78 is 0. The van der Waals surface area contributed by atoms with E-state index in [4.69, 9.17) is 5.73 Å². The van der Waals surface area contributed by atoms with Crippen LogP contribution in [-0.2, 0) is 0 Å². The number of aromatic nitrogens is 1. The number of rotatable bonds is 5. The number of piperidine rings is 1. The second-order valence-corrected chi connectivity index (χ2v) is 7.06. The van der Waals surface area contributed by atoms with Crippen LogP contribution in [0, 0.1) is 5.92 Å². The lowest BCUT2D eigenvalue weighted by molar-refractivity contribution is 0.0921. The predicted octanol–water partition coefficient (Wildman–Crippen LogP) is 1.62. The fourth-order valence-electron chi connectivity index (χ4n) is 2.27. The molecule has 0 spiro atoms. The van der Waals surface area contributed by atoms with Gasteiger partial charge in [0, 0.05) is 12.6 Å². The molecule has 1 aliphatic rings. The number of hydrogen-bond donors (Lipinski definition) is 3. The lowest BCUT2D eigenvalue weighted by Gasteiger charge is -2.29. The van der Waals surface area contributed by atoms with Gasteiger partial charge in [0.15, 0.2) is 5.13 Å². The molecule has 0 radical (unpaired) electrons. The smallest absolute Gasteiger partial charge is 0.265 e. The number of amides is 1. The van der Waals surface area contributed by atoms with Crippen molar-refractivity contribution in [1.29, 1.82) is 0 Å². The van der Waals surface area contributed by atoms with Gasteiger partial charge in [-0.3, -0.25) is 4.79 Å². The Bertz CT molecular complexity index is 480. The van der Waals surface area contributed by atoms with Gasteiger partial charge in [-0.25, -0.2) is 4.98 Å². The third-order valence-electron chi connectivity index (χ3n) is 3.57. The Labute approximate surface area is 130 Å². The summed E-state index contributed by atoms with van der Waals surface area (Å²) in [6.45, 7) is 7.10. The SMILES string of the molecule is CC(C)CNc1nc(N)c(C(=O)NC2CCN(C)CC2)s1. The van der Waals surface area contributed by atoms with Crippen molar-refractivity contribution < 1.29 is 4.79 Å². The van der Waals surface area contributed by atoms with Crippen molar-refractivity contribution in [2.45, 2.75) is 32.7 Å². The van der Waals surface area contributed by atoms with E-state index in [0.29, 0.717) is 16.6 Å². The number of nitrogen functional groups attached to an aromatic ring is 1. The van der Waals surface area contributed by atoms with E-state index in [-0.39, 0.29) is 11.9 Å². The molecule has 1 saturated heterocycles. The van der Waals surface area contributed by atoms with Gasteiger partial charge in [-0.2, -0.15) is 0 Å². The molecule has 7 heteroatoms. The first-order valence-electron chi connectivity index (χ1n) is 7.45. The molecule has 2 heterocycles. The molecule has 6 nitrogen and oxygen atoms in total. The average molecular weight is 311 g/mol. The highest BCUT2D eigenvalue weighted by Gasteiger charge is 2.22. The van der Waals surface area contributed by atoms with Crippen LogP contribution < -0.4 is 16.4 Å². The van der Waals surface area contributed by atoms with Crippen molar-refractivity contribution in [3.05, 3.63) is 4.88 Å². The summed E-state index contributed by atoms with van der Waals surface area (Å²) >= 11 is 1.33. The van der Waals surface area contributed by atoms with E-state index in [1.807, 2.05) is 0 Å². The van der Waals surface area contributed by atoms with Gasteiger partial charge < -0.3 is 21.3 Å². The molecule has 118 valence electrons. The molecular formula is C14H25N5OS. The quantitative estimate of drug-likeness (QED) is 0.769. The summed E-state index contributed by atoms with van der Waals surface area (Å²) in [4.78, 5) is 19.3. The average Bonchev–Trinajstić information content (AvgIpc) is 2.80. The van der Waals surface area contributed by atoms with Crippen LogP contribution in [0.5, 0.6) is 0 Å². The Kier molecular flexibility index (Phi) is 5.41. The molecule has 0 aromatic carbocycles. The first-order chi connectivity index (χ1) is 9.95. The second kappa shape index (κ2) is 7.09. The Morgan fingerprint density at radius 1 is 1.48 bits per heavy atom. The van der Waals surface area contributed by atoms with Crippen LogP contribution in [-0.4, -0.2) is 48.5 Å². The topological polar surface area (TPSA) is 83.3 Å². The Morgan fingerprint density at radius 3 is 2.76 bits per heavy atom. The summed E-state index contributed by atoms with van der Waals surface area (Å²) in [6, 6.07) is 0.238. The minimum atomic E-state index is -0.0999. The van der Waals surface area contributed by atoms with E-state index >= 15 is 0 Å². The number of hydrogen-bond acceptors (Lipinski definition) is 6. The molecule has 2 rings (SSSR count). The van der Waals surface area contributed by atoms with Crippen molar-refractivity contribution in [3.63, 3.8) is 0 Å².